The third kappa shape index (κ3) is 1.89. The molecule has 16 heavy (non-hydrogen) atoms. The van der Waals surface area contributed by atoms with Gasteiger partial charge in [-0.2, -0.15) is 0 Å². The van der Waals surface area contributed by atoms with E-state index in [1.807, 2.05) is 6.92 Å². The maximum atomic E-state index is 9.55. The number of fused-ring (bicyclic) bond motifs is 1. The Morgan fingerprint density at radius 2 is 2.12 bits per heavy atom. The number of rotatable bonds is 2. The first-order valence-electron chi connectivity index (χ1n) is 6.22. The van der Waals surface area contributed by atoms with Crippen molar-refractivity contribution < 1.29 is 5.11 Å². The van der Waals surface area contributed by atoms with Crippen LogP contribution in [0.5, 0.6) is 0 Å². The van der Waals surface area contributed by atoms with Gasteiger partial charge in [0.25, 0.3) is 0 Å². The fraction of sp³-hybridized carbons (Fsp3) is 0.600. The van der Waals surface area contributed by atoms with E-state index < -0.39 is 0 Å². The smallest absolute Gasteiger partial charge is 0.0552 e. The van der Waals surface area contributed by atoms with Crippen molar-refractivity contribution in [2.45, 2.75) is 58.0 Å². The summed E-state index contributed by atoms with van der Waals surface area (Å²) in [6, 6.07) is 6.56. The minimum atomic E-state index is -0.248. The van der Waals surface area contributed by atoms with E-state index in [1.165, 1.54) is 23.1 Å². The van der Waals surface area contributed by atoms with Gasteiger partial charge in [-0.25, -0.2) is 0 Å². The van der Waals surface area contributed by atoms with Crippen molar-refractivity contribution in [3.05, 3.63) is 34.9 Å². The van der Waals surface area contributed by atoms with E-state index in [-0.39, 0.29) is 6.10 Å². The molecular formula is C15H22O. The van der Waals surface area contributed by atoms with E-state index in [9.17, 15) is 5.11 Å². The summed E-state index contributed by atoms with van der Waals surface area (Å²) in [7, 11) is 0. The average molecular weight is 218 g/mol. The molecule has 0 amide bonds. The molecule has 0 saturated heterocycles. The first-order valence-corrected chi connectivity index (χ1v) is 6.22. The second-order valence-electron chi connectivity index (χ2n) is 5.92. The van der Waals surface area contributed by atoms with Crippen LogP contribution in [0, 0.1) is 0 Å². The summed E-state index contributed by atoms with van der Waals surface area (Å²) in [6.45, 7) is 8.81. The molecule has 1 N–H and O–H groups in total. The van der Waals surface area contributed by atoms with E-state index in [4.69, 9.17) is 0 Å². The molecule has 1 aromatic carbocycles. The van der Waals surface area contributed by atoms with E-state index in [1.54, 1.807) is 0 Å². The molecular weight excluding hydrogens is 196 g/mol. The molecule has 2 atom stereocenters. The number of aliphatic hydroxyl groups excluding tert-OH is 1. The van der Waals surface area contributed by atoms with E-state index in [2.05, 4.69) is 39.0 Å². The van der Waals surface area contributed by atoms with Crippen molar-refractivity contribution in [2.75, 3.05) is 0 Å². The van der Waals surface area contributed by atoms with Crippen LogP contribution in [0.15, 0.2) is 18.2 Å². The molecule has 1 aliphatic rings. The van der Waals surface area contributed by atoms with Crippen molar-refractivity contribution >= 4 is 0 Å². The molecule has 0 aliphatic heterocycles. The van der Waals surface area contributed by atoms with Crippen LogP contribution in [0.1, 0.15) is 56.7 Å². The number of aliphatic hydroxyl groups is 1. The van der Waals surface area contributed by atoms with Crippen LogP contribution < -0.4 is 0 Å². The summed E-state index contributed by atoms with van der Waals surface area (Å²) < 4.78 is 0. The molecule has 0 saturated carbocycles. The van der Waals surface area contributed by atoms with E-state index in [0.717, 1.165) is 6.42 Å². The lowest BCUT2D eigenvalue weighted by Crippen LogP contribution is -2.12. The topological polar surface area (TPSA) is 20.2 Å². The number of hydrogen-bond acceptors (Lipinski definition) is 1. The quantitative estimate of drug-likeness (QED) is 0.806. The van der Waals surface area contributed by atoms with Gasteiger partial charge in [-0.1, -0.05) is 39.0 Å². The molecule has 2 rings (SSSR count). The predicted octanol–water partition coefficient (Wildman–Crippen LogP) is 3.39. The average Bonchev–Trinajstić information content (AvgIpc) is 2.37. The highest BCUT2D eigenvalue weighted by molar-refractivity contribution is 5.46. The summed E-state index contributed by atoms with van der Waals surface area (Å²) in [4.78, 5) is 0. The molecule has 88 valence electrons. The van der Waals surface area contributed by atoms with Crippen molar-refractivity contribution in [1.29, 1.82) is 0 Å². The molecule has 1 aliphatic carbocycles. The third-order valence-corrected chi connectivity index (χ3v) is 3.75. The number of hydrogen-bond donors (Lipinski definition) is 1. The zero-order chi connectivity index (χ0) is 11.9. The first-order chi connectivity index (χ1) is 7.42. The fourth-order valence-corrected chi connectivity index (χ4v) is 3.26. The minimum absolute atomic E-state index is 0.248. The highest BCUT2D eigenvalue weighted by Gasteiger charge is 2.35. The molecule has 0 heterocycles. The van der Waals surface area contributed by atoms with Gasteiger partial charge in [0.15, 0.2) is 0 Å². The Balaban J connectivity index is 2.48. The van der Waals surface area contributed by atoms with Crippen LogP contribution in [-0.2, 0) is 11.8 Å². The first kappa shape index (κ1) is 11.7. The molecule has 1 aromatic rings. The lowest BCUT2D eigenvalue weighted by molar-refractivity contribution is 0.195. The summed E-state index contributed by atoms with van der Waals surface area (Å²) in [5, 5.41) is 9.55. The van der Waals surface area contributed by atoms with Crippen molar-refractivity contribution in [2.24, 2.45) is 0 Å². The van der Waals surface area contributed by atoms with Crippen LogP contribution in [0.2, 0.25) is 0 Å². The van der Waals surface area contributed by atoms with Gasteiger partial charge in [-0.15, -0.1) is 0 Å². The van der Waals surface area contributed by atoms with Gasteiger partial charge in [-0.3, -0.25) is 0 Å². The summed E-state index contributed by atoms with van der Waals surface area (Å²) in [6.07, 6.45) is 1.75. The van der Waals surface area contributed by atoms with Gasteiger partial charge in [-0.05, 0) is 47.8 Å². The Labute approximate surface area is 98.5 Å². The molecule has 0 radical (unpaired) electrons. The maximum absolute atomic E-state index is 9.55. The Morgan fingerprint density at radius 1 is 1.44 bits per heavy atom. The molecule has 1 nitrogen and oxygen atoms in total. The molecule has 0 aromatic heterocycles. The van der Waals surface area contributed by atoms with Crippen LogP contribution in [0.25, 0.3) is 0 Å². The molecule has 2 unspecified atom stereocenters. The summed E-state index contributed by atoms with van der Waals surface area (Å²) in [5.41, 5.74) is 4.61. The Hall–Kier alpha value is -0.820. The summed E-state index contributed by atoms with van der Waals surface area (Å²) in [5.74, 6) is 0.625. The largest absolute Gasteiger partial charge is 0.393 e. The third-order valence-electron chi connectivity index (χ3n) is 3.75. The SMILES string of the molecule is CC(O)Cc1cccc2c1C(C)CC2(C)C. The predicted molar refractivity (Wildman–Crippen MR) is 67.9 cm³/mol. The zero-order valence-corrected chi connectivity index (χ0v) is 10.7. The summed E-state index contributed by atoms with van der Waals surface area (Å²) >= 11 is 0. The van der Waals surface area contributed by atoms with Gasteiger partial charge >= 0.3 is 0 Å². The van der Waals surface area contributed by atoms with Gasteiger partial charge in [0.05, 0.1) is 6.10 Å². The highest BCUT2D eigenvalue weighted by Crippen LogP contribution is 2.46. The standard InChI is InChI=1S/C15H22O/c1-10-9-15(3,4)13-7-5-6-12(14(10)13)8-11(2)16/h5-7,10-11,16H,8-9H2,1-4H3. The van der Waals surface area contributed by atoms with Gasteiger partial charge in [0, 0.05) is 0 Å². The van der Waals surface area contributed by atoms with Gasteiger partial charge in [0.2, 0.25) is 0 Å². The molecule has 0 spiro atoms. The van der Waals surface area contributed by atoms with Crippen molar-refractivity contribution in [1.82, 2.24) is 0 Å². The minimum Gasteiger partial charge on any atom is -0.393 e. The molecule has 0 fully saturated rings. The Bertz CT molecular complexity index is 390. The normalized spacial score (nSPS) is 24.2. The molecule has 0 bridgehead atoms. The van der Waals surface area contributed by atoms with E-state index >= 15 is 0 Å². The van der Waals surface area contributed by atoms with Crippen LogP contribution in [0.3, 0.4) is 0 Å². The highest BCUT2D eigenvalue weighted by atomic mass is 16.3. The second kappa shape index (κ2) is 3.89. The van der Waals surface area contributed by atoms with Crippen LogP contribution >= 0.6 is 0 Å². The lowest BCUT2D eigenvalue weighted by atomic mass is 9.85. The van der Waals surface area contributed by atoms with Crippen LogP contribution in [-0.4, -0.2) is 11.2 Å². The number of benzene rings is 1. The lowest BCUT2D eigenvalue weighted by Gasteiger charge is -2.19. The molecule has 1 heteroatoms. The fourth-order valence-electron chi connectivity index (χ4n) is 3.26. The van der Waals surface area contributed by atoms with Crippen molar-refractivity contribution in [3.63, 3.8) is 0 Å². The maximum Gasteiger partial charge on any atom is 0.0552 e. The van der Waals surface area contributed by atoms with Crippen LogP contribution in [0.4, 0.5) is 0 Å². The monoisotopic (exact) mass is 218 g/mol. The zero-order valence-electron chi connectivity index (χ0n) is 10.7. The van der Waals surface area contributed by atoms with E-state index in [0.29, 0.717) is 11.3 Å². The van der Waals surface area contributed by atoms with Crippen molar-refractivity contribution in [3.8, 4) is 0 Å². The Kier molecular flexibility index (Phi) is 2.83. The second-order valence-corrected chi connectivity index (χ2v) is 5.92. The Morgan fingerprint density at radius 3 is 2.75 bits per heavy atom. The van der Waals surface area contributed by atoms with Gasteiger partial charge in [0.1, 0.15) is 0 Å². The van der Waals surface area contributed by atoms with Gasteiger partial charge < -0.3 is 5.11 Å².